The van der Waals surface area contributed by atoms with Gasteiger partial charge in [-0.3, -0.25) is 18.6 Å². The summed E-state index contributed by atoms with van der Waals surface area (Å²) in [6.45, 7) is 7.76. The molecule has 11 nitrogen and oxygen atoms in total. The van der Waals surface area contributed by atoms with Gasteiger partial charge >= 0.3 is 19.8 Å². The number of esters is 2. The highest BCUT2D eigenvalue weighted by molar-refractivity contribution is 7.47. The van der Waals surface area contributed by atoms with Gasteiger partial charge in [0.15, 0.2) is 6.10 Å². The van der Waals surface area contributed by atoms with Gasteiger partial charge in [0, 0.05) is 32.2 Å². The van der Waals surface area contributed by atoms with Gasteiger partial charge in [-0.2, -0.15) is 0 Å². The van der Waals surface area contributed by atoms with Gasteiger partial charge in [-0.05, 0) is 82.8 Å². The Morgan fingerprint density at radius 3 is 1.95 bits per heavy atom. The number of hydrogen-bond acceptors (Lipinski definition) is 10. The van der Waals surface area contributed by atoms with Crippen LogP contribution in [0, 0.1) is 13.8 Å². The average Bonchev–Trinajstić information content (AvgIpc) is 3.48. The van der Waals surface area contributed by atoms with Crippen LogP contribution < -0.4 is 5.73 Å². The van der Waals surface area contributed by atoms with E-state index in [2.05, 4.69) is 52.0 Å². The fourth-order valence-corrected chi connectivity index (χ4v) is 7.09. The van der Waals surface area contributed by atoms with Crippen molar-refractivity contribution in [2.24, 2.45) is 5.73 Å². The Morgan fingerprint density at radius 1 is 0.712 bits per heavy atom. The van der Waals surface area contributed by atoms with Gasteiger partial charge in [-0.1, -0.05) is 127 Å². The average molecular weight is 850 g/mol. The van der Waals surface area contributed by atoms with E-state index >= 15 is 0 Å². The van der Waals surface area contributed by atoms with E-state index in [1.54, 1.807) is 12.2 Å². The van der Waals surface area contributed by atoms with E-state index in [-0.39, 0.29) is 32.6 Å². The summed E-state index contributed by atoms with van der Waals surface area (Å²) in [5.74, 6) is 1.26. The van der Waals surface area contributed by atoms with E-state index in [1.165, 1.54) is 62.5 Å². The topological polar surface area (TPSA) is 168 Å². The van der Waals surface area contributed by atoms with Crippen molar-refractivity contribution in [3.63, 3.8) is 0 Å². The second-order valence-corrected chi connectivity index (χ2v) is 16.8. The first-order valence-corrected chi connectivity index (χ1v) is 24.1. The molecular weight excluding hydrogens is 769 g/mol. The fourth-order valence-electron chi connectivity index (χ4n) is 6.33. The van der Waals surface area contributed by atoms with E-state index < -0.39 is 38.6 Å². The molecule has 0 aliphatic heterocycles. The second kappa shape index (κ2) is 35.9. The zero-order valence-corrected chi connectivity index (χ0v) is 37.9. The summed E-state index contributed by atoms with van der Waals surface area (Å²) in [6, 6.07) is 0. The summed E-state index contributed by atoms with van der Waals surface area (Å²) >= 11 is 0. The third-order valence-corrected chi connectivity index (χ3v) is 11.0. The zero-order chi connectivity index (χ0) is 43.4. The minimum atomic E-state index is -4.45. The van der Waals surface area contributed by atoms with Gasteiger partial charge in [0.25, 0.3) is 0 Å². The van der Waals surface area contributed by atoms with Crippen LogP contribution in [-0.2, 0) is 45.5 Å². The summed E-state index contributed by atoms with van der Waals surface area (Å²) in [4.78, 5) is 35.0. The van der Waals surface area contributed by atoms with Crippen molar-refractivity contribution in [2.75, 3.05) is 26.4 Å². The molecule has 12 heteroatoms. The van der Waals surface area contributed by atoms with Crippen LogP contribution in [0.5, 0.6) is 0 Å². The van der Waals surface area contributed by atoms with E-state index in [1.807, 2.05) is 12.2 Å². The number of carbonyl (C=O) groups excluding carboxylic acids is 2. The number of furan rings is 1. The molecule has 1 heterocycles. The first kappa shape index (κ1) is 54.2. The minimum absolute atomic E-state index is 0.00707. The number of unbranched alkanes of at least 4 members (excludes halogenated alkanes) is 12. The third kappa shape index (κ3) is 30.0. The number of aliphatic hydroxyl groups is 1. The van der Waals surface area contributed by atoms with Gasteiger partial charge in [0.2, 0.25) is 0 Å². The Bertz CT molecular complexity index is 1400. The number of carbonyl (C=O) groups is 2. The van der Waals surface area contributed by atoms with Crippen molar-refractivity contribution in [1.29, 1.82) is 0 Å². The number of hydrogen-bond donors (Lipinski definition) is 3. The molecular formula is C47H80NO10P. The summed E-state index contributed by atoms with van der Waals surface area (Å²) in [5, 5.41) is 10.3. The lowest BCUT2D eigenvalue weighted by atomic mass is 10.0. The molecule has 3 atom stereocenters. The van der Waals surface area contributed by atoms with Crippen LogP contribution in [0.1, 0.15) is 171 Å². The van der Waals surface area contributed by atoms with E-state index in [9.17, 15) is 24.2 Å². The van der Waals surface area contributed by atoms with Crippen molar-refractivity contribution in [2.45, 2.75) is 188 Å². The van der Waals surface area contributed by atoms with Crippen molar-refractivity contribution < 1.29 is 47.1 Å². The maximum absolute atomic E-state index is 12.6. The molecule has 0 bridgehead atoms. The van der Waals surface area contributed by atoms with Crippen LogP contribution >= 0.6 is 7.82 Å². The van der Waals surface area contributed by atoms with Crippen LogP contribution in [0.2, 0.25) is 0 Å². The number of phosphoric acid groups is 1. The molecule has 0 aliphatic rings. The van der Waals surface area contributed by atoms with E-state index in [0.717, 1.165) is 75.7 Å². The molecule has 0 amide bonds. The summed E-state index contributed by atoms with van der Waals surface area (Å²) in [7, 11) is -4.45. The van der Waals surface area contributed by atoms with Crippen molar-refractivity contribution in [3.8, 4) is 0 Å². The van der Waals surface area contributed by atoms with Gasteiger partial charge < -0.3 is 29.6 Å². The van der Waals surface area contributed by atoms with Crippen molar-refractivity contribution in [1.82, 2.24) is 0 Å². The monoisotopic (exact) mass is 850 g/mol. The number of ether oxygens (including phenoxy) is 2. The lowest BCUT2D eigenvalue weighted by molar-refractivity contribution is -0.161. The molecule has 0 radical (unpaired) electrons. The van der Waals surface area contributed by atoms with Crippen LogP contribution in [0.4, 0.5) is 0 Å². The maximum Gasteiger partial charge on any atom is 0.472 e. The van der Waals surface area contributed by atoms with Gasteiger partial charge in [-0.25, -0.2) is 4.57 Å². The number of aryl methyl sites for hydroxylation is 2. The van der Waals surface area contributed by atoms with E-state index in [0.29, 0.717) is 19.3 Å². The van der Waals surface area contributed by atoms with Gasteiger partial charge in [-0.15, -0.1) is 0 Å². The molecule has 1 aromatic rings. The summed E-state index contributed by atoms with van der Waals surface area (Å²) in [6.07, 6.45) is 35.7. The molecule has 0 saturated carbocycles. The number of aliphatic hydroxyl groups excluding tert-OH is 1. The standard InChI is InChI=1S/C47H80NO10P/c1-5-7-9-10-11-12-13-14-15-16-19-22-26-30-42(49)31-29-35-47(51)57-43(39-56-59(52,53)55-37-36-48)38-54-46(50)34-28-24-21-18-17-20-23-27-33-45-41(4)40(3)44(58-45)32-25-8-6-2/h11-12,14-15,19,22,26,30,42-43,49H,5-10,13,16-18,20-21,23-25,27-29,31-39,48H2,1-4H3,(H,52,53)/b12-11-,15-14-,22-19-,30-26+/t42-,43+/m0/s1. The van der Waals surface area contributed by atoms with E-state index in [4.69, 9.17) is 28.7 Å². The zero-order valence-electron chi connectivity index (χ0n) is 37.1. The molecule has 338 valence electrons. The summed E-state index contributed by atoms with van der Waals surface area (Å²) < 4.78 is 38.9. The number of phosphoric ester groups is 1. The molecule has 0 aliphatic carbocycles. The molecule has 1 rings (SSSR count). The number of allylic oxidation sites excluding steroid dienone is 7. The molecule has 4 N–H and O–H groups in total. The molecule has 0 spiro atoms. The largest absolute Gasteiger partial charge is 0.472 e. The summed E-state index contributed by atoms with van der Waals surface area (Å²) in [5.41, 5.74) is 7.98. The normalized spacial score (nSPS) is 14.2. The Labute approximate surface area is 356 Å². The molecule has 0 saturated heterocycles. The first-order chi connectivity index (χ1) is 28.5. The maximum atomic E-state index is 12.6. The van der Waals surface area contributed by atoms with Gasteiger partial charge in [0.1, 0.15) is 18.1 Å². The predicted octanol–water partition coefficient (Wildman–Crippen LogP) is 11.3. The Kier molecular flexibility index (Phi) is 33.0. The molecule has 1 aromatic heterocycles. The highest BCUT2D eigenvalue weighted by Gasteiger charge is 2.26. The minimum Gasteiger partial charge on any atom is -0.466 e. The van der Waals surface area contributed by atoms with Crippen molar-refractivity contribution in [3.05, 3.63) is 71.3 Å². The first-order valence-electron chi connectivity index (χ1n) is 22.6. The smallest absolute Gasteiger partial charge is 0.466 e. The quantitative estimate of drug-likeness (QED) is 0.0190. The Balaban J connectivity index is 2.34. The fraction of sp³-hybridized carbons (Fsp3) is 0.702. The van der Waals surface area contributed by atoms with Crippen LogP contribution in [0.3, 0.4) is 0 Å². The molecule has 0 fully saturated rings. The Morgan fingerprint density at radius 2 is 1.29 bits per heavy atom. The molecule has 0 aromatic carbocycles. The SMILES string of the molecule is CCCCC/C=C\C/C=C\C/C=C\C=C\[C@H](O)CCCC(=O)O[C@H](COC(=O)CCCCCCCCCCc1oc(CCCCC)c(C)c1C)COP(=O)(O)OCCN. The van der Waals surface area contributed by atoms with Crippen LogP contribution in [0.15, 0.2) is 53.0 Å². The lowest BCUT2D eigenvalue weighted by Gasteiger charge is -2.20. The number of rotatable bonds is 38. The van der Waals surface area contributed by atoms with Crippen molar-refractivity contribution >= 4 is 19.8 Å². The highest BCUT2D eigenvalue weighted by Crippen LogP contribution is 2.43. The van der Waals surface area contributed by atoms with Gasteiger partial charge in [0.05, 0.1) is 19.3 Å². The Hall–Kier alpha value is -2.79. The highest BCUT2D eigenvalue weighted by atomic mass is 31.2. The second-order valence-electron chi connectivity index (χ2n) is 15.3. The molecule has 1 unspecified atom stereocenters. The lowest BCUT2D eigenvalue weighted by Crippen LogP contribution is -2.29. The van der Waals surface area contributed by atoms with Crippen LogP contribution in [0.25, 0.3) is 0 Å². The van der Waals surface area contributed by atoms with Crippen LogP contribution in [-0.4, -0.2) is 60.5 Å². The third-order valence-electron chi connectivity index (χ3n) is 10.0. The number of nitrogens with two attached hydrogens (primary N) is 1. The predicted molar refractivity (Wildman–Crippen MR) is 238 cm³/mol. The molecule has 59 heavy (non-hydrogen) atoms.